The van der Waals surface area contributed by atoms with Crippen molar-refractivity contribution in [3.8, 4) is 0 Å². The van der Waals surface area contributed by atoms with Crippen molar-refractivity contribution in [1.82, 2.24) is 5.32 Å². The molecule has 0 heterocycles. The van der Waals surface area contributed by atoms with Gasteiger partial charge < -0.3 is 5.32 Å². The van der Waals surface area contributed by atoms with Crippen LogP contribution in [0, 0.1) is 5.82 Å². The lowest BCUT2D eigenvalue weighted by Gasteiger charge is -2.16. The molecule has 0 saturated carbocycles. The molecule has 1 unspecified atom stereocenters. The van der Waals surface area contributed by atoms with E-state index < -0.39 is 29.5 Å². The molecule has 23 heavy (non-hydrogen) atoms. The number of hydrogen-bond acceptors (Lipinski definition) is 1. The SMILES string of the molecule is CC(NC(=O)Cc1ccccc1F)c1cccc(C(F)(F)F)c1. The Morgan fingerprint density at radius 1 is 1.13 bits per heavy atom. The Hall–Kier alpha value is -2.37. The summed E-state index contributed by atoms with van der Waals surface area (Å²) in [4.78, 5) is 11.9. The minimum Gasteiger partial charge on any atom is -0.349 e. The van der Waals surface area contributed by atoms with Gasteiger partial charge >= 0.3 is 6.18 Å². The van der Waals surface area contributed by atoms with Crippen molar-refractivity contribution in [2.75, 3.05) is 0 Å². The van der Waals surface area contributed by atoms with Crippen LogP contribution in [0.2, 0.25) is 0 Å². The van der Waals surface area contributed by atoms with Gasteiger partial charge in [0.1, 0.15) is 5.82 Å². The maximum absolute atomic E-state index is 13.5. The van der Waals surface area contributed by atoms with Crippen LogP contribution in [0.25, 0.3) is 0 Å². The van der Waals surface area contributed by atoms with Gasteiger partial charge in [0.2, 0.25) is 5.91 Å². The van der Waals surface area contributed by atoms with Crippen LogP contribution in [-0.2, 0) is 17.4 Å². The van der Waals surface area contributed by atoms with Gasteiger partial charge in [0.25, 0.3) is 0 Å². The monoisotopic (exact) mass is 325 g/mol. The number of alkyl halides is 3. The number of rotatable bonds is 4. The van der Waals surface area contributed by atoms with Crippen LogP contribution < -0.4 is 5.32 Å². The minimum atomic E-state index is -4.44. The highest BCUT2D eigenvalue weighted by Gasteiger charge is 2.30. The summed E-state index contributed by atoms with van der Waals surface area (Å²) in [6.45, 7) is 1.58. The van der Waals surface area contributed by atoms with E-state index in [2.05, 4.69) is 5.32 Å². The molecule has 122 valence electrons. The fourth-order valence-electron chi connectivity index (χ4n) is 2.17. The first-order chi connectivity index (χ1) is 10.8. The predicted molar refractivity (Wildman–Crippen MR) is 78.1 cm³/mol. The summed E-state index contributed by atoms with van der Waals surface area (Å²) in [7, 11) is 0. The van der Waals surface area contributed by atoms with Crippen LogP contribution in [-0.4, -0.2) is 5.91 Å². The number of halogens is 4. The minimum absolute atomic E-state index is 0.171. The molecular weight excluding hydrogens is 310 g/mol. The highest BCUT2D eigenvalue weighted by atomic mass is 19.4. The van der Waals surface area contributed by atoms with Gasteiger partial charge in [0.05, 0.1) is 18.0 Å². The lowest BCUT2D eigenvalue weighted by atomic mass is 10.0. The first-order valence-electron chi connectivity index (χ1n) is 6.97. The normalized spacial score (nSPS) is 12.7. The second kappa shape index (κ2) is 6.81. The first-order valence-corrected chi connectivity index (χ1v) is 6.97. The third kappa shape index (κ3) is 4.55. The standard InChI is InChI=1S/C17H15F4NO/c1-11(12-6-4-7-14(9-12)17(19,20)21)22-16(23)10-13-5-2-3-8-15(13)18/h2-9,11H,10H2,1H3,(H,22,23). The summed E-state index contributed by atoms with van der Waals surface area (Å²) in [6.07, 6.45) is -4.61. The molecule has 2 nitrogen and oxygen atoms in total. The van der Waals surface area contributed by atoms with Gasteiger partial charge in [-0.25, -0.2) is 4.39 Å². The predicted octanol–water partition coefficient (Wildman–Crippen LogP) is 4.26. The molecular formula is C17H15F4NO. The number of carbonyl (C=O) groups excluding carboxylic acids is 1. The molecule has 0 aliphatic rings. The van der Waals surface area contributed by atoms with Crippen molar-refractivity contribution < 1.29 is 22.4 Å². The number of benzene rings is 2. The fraction of sp³-hybridized carbons (Fsp3) is 0.235. The Morgan fingerprint density at radius 2 is 1.83 bits per heavy atom. The van der Waals surface area contributed by atoms with E-state index in [1.54, 1.807) is 13.0 Å². The number of carbonyl (C=O) groups is 1. The number of amides is 1. The summed E-state index contributed by atoms with van der Waals surface area (Å²) in [6, 6.07) is 10.0. The summed E-state index contributed by atoms with van der Waals surface area (Å²) in [5.41, 5.74) is -0.201. The van der Waals surface area contributed by atoms with Crippen LogP contribution in [0.15, 0.2) is 48.5 Å². The summed E-state index contributed by atoms with van der Waals surface area (Å²) >= 11 is 0. The van der Waals surface area contributed by atoms with Crippen LogP contribution in [0.5, 0.6) is 0 Å². The fourth-order valence-corrected chi connectivity index (χ4v) is 2.17. The molecule has 0 radical (unpaired) electrons. The molecule has 0 aliphatic carbocycles. The van der Waals surface area contributed by atoms with Crippen LogP contribution in [0.4, 0.5) is 17.6 Å². The number of hydrogen-bond donors (Lipinski definition) is 1. The Bertz CT molecular complexity index is 697. The molecule has 2 rings (SSSR count). The van der Waals surface area contributed by atoms with E-state index in [0.717, 1.165) is 12.1 Å². The molecule has 0 aliphatic heterocycles. The molecule has 0 saturated heterocycles. The molecule has 0 bridgehead atoms. The van der Waals surface area contributed by atoms with E-state index in [-0.39, 0.29) is 12.0 Å². The zero-order chi connectivity index (χ0) is 17.0. The van der Waals surface area contributed by atoms with Crippen LogP contribution >= 0.6 is 0 Å². The molecule has 0 spiro atoms. The molecule has 2 aromatic carbocycles. The highest BCUT2D eigenvalue weighted by Crippen LogP contribution is 2.30. The quantitative estimate of drug-likeness (QED) is 0.836. The van der Waals surface area contributed by atoms with Gasteiger partial charge in [-0.05, 0) is 36.2 Å². The smallest absolute Gasteiger partial charge is 0.349 e. The second-order valence-corrected chi connectivity index (χ2v) is 5.18. The average molecular weight is 325 g/mol. The Morgan fingerprint density at radius 3 is 2.48 bits per heavy atom. The second-order valence-electron chi connectivity index (χ2n) is 5.18. The van der Waals surface area contributed by atoms with Gasteiger partial charge in [-0.2, -0.15) is 13.2 Å². The maximum Gasteiger partial charge on any atom is 0.416 e. The van der Waals surface area contributed by atoms with Gasteiger partial charge in [-0.1, -0.05) is 30.3 Å². The average Bonchev–Trinajstić information content (AvgIpc) is 2.49. The van der Waals surface area contributed by atoms with E-state index >= 15 is 0 Å². The van der Waals surface area contributed by atoms with Crippen molar-refractivity contribution in [1.29, 1.82) is 0 Å². The molecule has 2 aromatic rings. The van der Waals surface area contributed by atoms with Gasteiger partial charge in [0.15, 0.2) is 0 Å². The van der Waals surface area contributed by atoms with Crippen LogP contribution in [0.3, 0.4) is 0 Å². The molecule has 0 aromatic heterocycles. The molecule has 0 fully saturated rings. The lowest BCUT2D eigenvalue weighted by molar-refractivity contribution is -0.137. The Kier molecular flexibility index (Phi) is 5.03. The van der Waals surface area contributed by atoms with Gasteiger partial charge in [-0.3, -0.25) is 4.79 Å². The largest absolute Gasteiger partial charge is 0.416 e. The summed E-state index contributed by atoms with van der Waals surface area (Å²) < 4.78 is 51.6. The van der Waals surface area contributed by atoms with E-state index in [1.165, 1.54) is 30.3 Å². The summed E-state index contributed by atoms with van der Waals surface area (Å²) in [5, 5.41) is 2.58. The summed E-state index contributed by atoms with van der Waals surface area (Å²) in [5.74, 6) is -0.950. The van der Waals surface area contributed by atoms with Crippen molar-refractivity contribution >= 4 is 5.91 Å². The third-order valence-corrected chi connectivity index (χ3v) is 3.40. The molecule has 1 N–H and O–H groups in total. The van der Waals surface area contributed by atoms with E-state index in [4.69, 9.17) is 0 Å². The molecule has 6 heteroatoms. The van der Waals surface area contributed by atoms with E-state index in [1.807, 2.05) is 0 Å². The lowest BCUT2D eigenvalue weighted by Crippen LogP contribution is -2.28. The maximum atomic E-state index is 13.5. The zero-order valence-corrected chi connectivity index (χ0v) is 12.3. The van der Waals surface area contributed by atoms with Gasteiger partial charge in [-0.15, -0.1) is 0 Å². The first kappa shape index (κ1) is 17.0. The Balaban J connectivity index is 2.06. The topological polar surface area (TPSA) is 29.1 Å². The van der Waals surface area contributed by atoms with Crippen molar-refractivity contribution in [3.05, 3.63) is 71.0 Å². The van der Waals surface area contributed by atoms with Crippen molar-refractivity contribution in [2.45, 2.75) is 25.6 Å². The van der Waals surface area contributed by atoms with E-state index in [9.17, 15) is 22.4 Å². The zero-order valence-electron chi connectivity index (χ0n) is 12.3. The Labute approximate surface area is 131 Å². The van der Waals surface area contributed by atoms with Crippen LogP contribution in [0.1, 0.15) is 29.7 Å². The molecule has 1 atom stereocenters. The van der Waals surface area contributed by atoms with Gasteiger partial charge in [0, 0.05) is 0 Å². The third-order valence-electron chi connectivity index (χ3n) is 3.40. The number of nitrogens with one attached hydrogen (secondary N) is 1. The molecule has 1 amide bonds. The van der Waals surface area contributed by atoms with Crippen molar-refractivity contribution in [2.24, 2.45) is 0 Å². The highest BCUT2D eigenvalue weighted by molar-refractivity contribution is 5.79. The van der Waals surface area contributed by atoms with E-state index in [0.29, 0.717) is 5.56 Å². The van der Waals surface area contributed by atoms with Crippen molar-refractivity contribution in [3.63, 3.8) is 0 Å².